The first-order chi connectivity index (χ1) is 6.67. The number of ether oxygens (including phenoxy) is 1. The van der Waals surface area contributed by atoms with Crippen LogP contribution >= 0.6 is 0 Å². The molecule has 0 atom stereocenters. The molecule has 78 valence electrons. The molecule has 2 N–H and O–H groups in total. The van der Waals surface area contributed by atoms with E-state index in [2.05, 4.69) is 5.32 Å². The van der Waals surface area contributed by atoms with E-state index >= 15 is 0 Å². The summed E-state index contributed by atoms with van der Waals surface area (Å²) in [6, 6.07) is 6.50. The zero-order valence-corrected chi connectivity index (χ0v) is 8.57. The van der Waals surface area contributed by atoms with Crippen LogP contribution in [0.4, 0.5) is 0 Å². The first-order valence-electron chi connectivity index (χ1n) is 4.12. The average molecular weight is 197 g/mol. The SMILES string of the molecule is CNC.COc1ccccc1C(=O)O. The number of carboxylic acids is 1. The molecule has 1 aromatic carbocycles. The fourth-order valence-corrected chi connectivity index (χ4v) is 0.821. The summed E-state index contributed by atoms with van der Waals surface area (Å²) in [6.45, 7) is 0. The Kier molecular flexibility index (Phi) is 6.15. The molecule has 0 saturated heterocycles. The highest BCUT2D eigenvalue weighted by molar-refractivity contribution is 5.90. The molecule has 1 aromatic rings. The fraction of sp³-hybridized carbons (Fsp3) is 0.300. The van der Waals surface area contributed by atoms with Crippen LogP contribution in [0.5, 0.6) is 5.75 Å². The van der Waals surface area contributed by atoms with E-state index in [4.69, 9.17) is 9.84 Å². The van der Waals surface area contributed by atoms with Crippen molar-refractivity contribution in [1.82, 2.24) is 5.32 Å². The number of carboxylic acid groups (broad SMARTS) is 1. The molecule has 0 spiro atoms. The Morgan fingerprint density at radius 2 is 1.86 bits per heavy atom. The van der Waals surface area contributed by atoms with Gasteiger partial charge in [0.15, 0.2) is 0 Å². The van der Waals surface area contributed by atoms with Crippen molar-refractivity contribution in [2.24, 2.45) is 0 Å². The van der Waals surface area contributed by atoms with Gasteiger partial charge in [-0.15, -0.1) is 0 Å². The topological polar surface area (TPSA) is 58.6 Å². The fourth-order valence-electron chi connectivity index (χ4n) is 0.821. The Labute approximate surface area is 83.5 Å². The van der Waals surface area contributed by atoms with Crippen LogP contribution in [0, 0.1) is 0 Å². The Morgan fingerprint density at radius 3 is 2.21 bits per heavy atom. The van der Waals surface area contributed by atoms with Gasteiger partial charge in [-0.2, -0.15) is 0 Å². The van der Waals surface area contributed by atoms with Gasteiger partial charge in [0.1, 0.15) is 11.3 Å². The van der Waals surface area contributed by atoms with E-state index in [1.165, 1.54) is 13.2 Å². The third-order valence-corrected chi connectivity index (χ3v) is 1.34. The average Bonchev–Trinajstić information content (AvgIpc) is 2.19. The van der Waals surface area contributed by atoms with Crippen LogP contribution in [0.15, 0.2) is 24.3 Å². The van der Waals surface area contributed by atoms with Crippen molar-refractivity contribution in [3.05, 3.63) is 29.8 Å². The standard InChI is InChI=1S/C8H8O3.C2H7N/c1-11-7-5-3-2-4-6(7)8(9)10;1-3-2/h2-5H,1H3,(H,9,10);3H,1-2H3. The lowest BCUT2D eigenvalue weighted by molar-refractivity contribution is 0.0693. The summed E-state index contributed by atoms with van der Waals surface area (Å²) in [6.07, 6.45) is 0. The largest absolute Gasteiger partial charge is 0.496 e. The second-order valence-electron chi connectivity index (χ2n) is 2.51. The molecule has 0 aliphatic heterocycles. The summed E-state index contributed by atoms with van der Waals surface area (Å²) in [7, 11) is 5.20. The van der Waals surface area contributed by atoms with Gasteiger partial charge in [-0.25, -0.2) is 4.79 Å². The van der Waals surface area contributed by atoms with Gasteiger partial charge in [0.05, 0.1) is 7.11 Å². The predicted octanol–water partition coefficient (Wildman–Crippen LogP) is 1.23. The van der Waals surface area contributed by atoms with Crippen LogP contribution in [-0.2, 0) is 0 Å². The maximum absolute atomic E-state index is 10.5. The van der Waals surface area contributed by atoms with E-state index in [1.807, 2.05) is 14.1 Å². The molecule has 0 aromatic heterocycles. The van der Waals surface area contributed by atoms with E-state index in [-0.39, 0.29) is 5.56 Å². The quantitative estimate of drug-likeness (QED) is 0.748. The number of para-hydroxylation sites is 1. The molecular formula is C10H15NO3. The van der Waals surface area contributed by atoms with Crippen LogP contribution in [0.2, 0.25) is 0 Å². The molecule has 14 heavy (non-hydrogen) atoms. The summed E-state index contributed by atoms with van der Waals surface area (Å²) in [5.74, 6) is -0.581. The monoisotopic (exact) mass is 197 g/mol. The third kappa shape index (κ3) is 3.91. The number of carbonyl (C=O) groups is 1. The summed E-state index contributed by atoms with van der Waals surface area (Å²) >= 11 is 0. The van der Waals surface area contributed by atoms with Gasteiger partial charge >= 0.3 is 5.97 Å². The summed E-state index contributed by atoms with van der Waals surface area (Å²) in [5, 5.41) is 11.4. The zero-order valence-electron chi connectivity index (χ0n) is 8.57. The number of rotatable bonds is 2. The lowest BCUT2D eigenvalue weighted by atomic mass is 10.2. The molecule has 4 heteroatoms. The molecule has 0 saturated carbocycles. The van der Waals surface area contributed by atoms with Crippen LogP contribution in [0.1, 0.15) is 10.4 Å². The van der Waals surface area contributed by atoms with Crippen molar-refractivity contribution in [1.29, 1.82) is 0 Å². The van der Waals surface area contributed by atoms with E-state index in [0.717, 1.165) is 0 Å². The Balaban J connectivity index is 0.000000500. The molecule has 4 nitrogen and oxygen atoms in total. The van der Waals surface area contributed by atoms with Gasteiger partial charge in [0.25, 0.3) is 0 Å². The van der Waals surface area contributed by atoms with E-state index in [9.17, 15) is 4.79 Å². The Hall–Kier alpha value is -1.55. The number of hydrogen-bond donors (Lipinski definition) is 2. The van der Waals surface area contributed by atoms with Crippen LogP contribution in [-0.4, -0.2) is 32.3 Å². The Morgan fingerprint density at radius 1 is 1.36 bits per heavy atom. The third-order valence-electron chi connectivity index (χ3n) is 1.34. The molecule has 0 amide bonds. The summed E-state index contributed by atoms with van der Waals surface area (Å²) in [4.78, 5) is 10.5. The van der Waals surface area contributed by atoms with Crippen LogP contribution in [0.3, 0.4) is 0 Å². The van der Waals surface area contributed by atoms with Crippen molar-refractivity contribution in [2.75, 3.05) is 21.2 Å². The van der Waals surface area contributed by atoms with Gasteiger partial charge in [0, 0.05) is 0 Å². The number of aromatic carboxylic acids is 1. The minimum absolute atomic E-state index is 0.190. The summed E-state index contributed by atoms with van der Waals surface area (Å²) < 4.78 is 4.83. The number of methoxy groups -OCH3 is 1. The maximum atomic E-state index is 10.5. The highest BCUT2D eigenvalue weighted by Gasteiger charge is 2.07. The van der Waals surface area contributed by atoms with Crippen molar-refractivity contribution >= 4 is 5.97 Å². The molecule has 0 radical (unpaired) electrons. The number of nitrogens with one attached hydrogen (secondary N) is 1. The molecule has 0 aliphatic rings. The molecule has 1 rings (SSSR count). The second-order valence-corrected chi connectivity index (χ2v) is 2.51. The number of benzene rings is 1. The minimum atomic E-state index is -0.970. The van der Waals surface area contributed by atoms with Crippen LogP contribution < -0.4 is 10.1 Å². The number of hydrogen-bond acceptors (Lipinski definition) is 3. The maximum Gasteiger partial charge on any atom is 0.339 e. The highest BCUT2D eigenvalue weighted by atomic mass is 16.5. The van der Waals surface area contributed by atoms with Gasteiger partial charge in [-0.1, -0.05) is 12.1 Å². The van der Waals surface area contributed by atoms with Gasteiger partial charge in [-0.3, -0.25) is 0 Å². The Bertz CT molecular complexity index is 286. The smallest absolute Gasteiger partial charge is 0.339 e. The lowest BCUT2D eigenvalue weighted by Gasteiger charge is -2.01. The second kappa shape index (κ2) is 6.91. The molecule has 0 heterocycles. The highest BCUT2D eigenvalue weighted by Crippen LogP contribution is 2.16. The molecule has 0 unspecified atom stereocenters. The first-order valence-corrected chi connectivity index (χ1v) is 4.12. The molecule has 0 aliphatic carbocycles. The van der Waals surface area contributed by atoms with E-state index in [0.29, 0.717) is 5.75 Å². The molecular weight excluding hydrogens is 182 g/mol. The van der Waals surface area contributed by atoms with E-state index < -0.39 is 5.97 Å². The normalized spacial score (nSPS) is 8.50. The van der Waals surface area contributed by atoms with Crippen LogP contribution in [0.25, 0.3) is 0 Å². The molecule has 0 fully saturated rings. The van der Waals surface area contributed by atoms with Crippen molar-refractivity contribution in [2.45, 2.75) is 0 Å². The lowest BCUT2D eigenvalue weighted by Crippen LogP contribution is -1.99. The van der Waals surface area contributed by atoms with Gasteiger partial charge in [-0.05, 0) is 26.2 Å². The van der Waals surface area contributed by atoms with Crippen molar-refractivity contribution in [3.63, 3.8) is 0 Å². The predicted molar refractivity (Wildman–Crippen MR) is 54.9 cm³/mol. The van der Waals surface area contributed by atoms with Crippen molar-refractivity contribution < 1.29 is 14.6 Å². The van der Waals surface area contributed by atoms with Gasteiger partial charge < -0.3 is 15.2 Å². The first kappa shape index (κ1) is 12.4. The van der Waals surface area contributed by atoms with Crippen molar-refractivity contribution in [3.8, 4) is 5.75 Å². The zero-order chi connectivity index (χ0) is 11.0. The molecule has 0 bridgehead atoms. The van der Waals surface area contributed by atoms with Gasteiger partial charge in [0.2, 0.25) is 0 Å². The van der Waals surface area contributed by atoms with E-state index in [1.54, 1.807) is 18.2 Å². The summed E-state index contributed by atoms with van der Waals surface area (Å²) in [5.41, 5.74) is 0.190. The minimum Gasteiger partial charge on any atom is -0.496 e.